The maximum absolute atomic E-state index is 11.9. The summed E-state index contributed by atoms with van der Waals surface area (Å²) in [6.45, 7) is 1.99. The van der Waals surface area contributed by atoms with Crippen LogP contribution in [0.5, 0.6) is 5.75 Å². The molecule has 3 rings (SSSR count). The molecule has 0 unspecified atom stereocenters. The summed E-state index contributed by atoms with van der Waals surface area (Å²) in [5.41, 5.74) is 3.71. The number of fused-ring (bicyclic) bond motifs is 1. The fourth-order valence-electron chi connectivity index (χ4n) is 2.13. The number of benzene rings is 2. The SMILES string of the molecule is Cc1ccc([O-])c(-c2ccc3ccccc3[nH+]2)c1.[Li+]. The number of aryl methyl sites for hydroxylation is 1. The third-order valence-corrected chi connectivity index (χ3v) is 3.08. The third kappa shape index (κ3) is 2.65. The van der Waals surface area contributed by atoms with Crippen molar-refractivity contribution in [1.29, 1.82) is 0 Å². The molecule has 0 aliphatic carbocycles. The van der Waals surface area contributed by atoms with E-state index in [1.165, 1.54) is 0 Å². The second-order valence-electron chi connectivity index (χ2n) is 4.46. The Hall–Kier alpha value is -1.75. The van der Waals surface area contributed by atoms with Crippen molar-refractivity contribution in [3.63, 3.8) is 0 Å². The van der Waals surface area contributed by atoms with Gasteiger partial charge in [0.1, 0.15) is 0 Å². The molecule has 0 saturated heterocycles. The zero-order chi connectivity index (χ0) is 12.5. The molecule has 3 heteroatoms. The first kappa shape index (κ1) is 13.7. The average molecular weight is 242 g/mol. The summed E-state index contributed by atoms with van der Waals surface area (Å²) in [5.74, 6) is 0.0483. The number of para-hydroxylation sites is 1. The van der Waals surface area contributed by atoms with Gasteiger partial charge < -0.3 is 5.11 Å². The normalized spacial score (nSPS) is 10.2. The van der Waals surface area contributed by atoms with E-state index in [0.717, 1.165) is 27.7 Å². The first-order chi connectivity index (χ1) is 8.74. The van der Waals surface area contributed by atoms with E-state index in [1.54, 1.807) is 6.07 Å². The summed E-state index contributed by atoms with van der Waals surface area (Å²) in [7, 11) is 0. The minimum Gasteiger partial charge on any atom is -0.872 e. The molecule has 0 aliphatic heterocycles. The van der Waals surface area contributed by atoms with Crippen LogP contribution in [0, 0.1) is 6.92 Å². The fourth-order valence-corrected chi connectivity index (χ4v) is 2.13. The van der Waals surface area contributed by atoms with Gasteiger partial charge in [-0.1, -0.05) is 35.6 Å². The van der Waals surface area contributed by atoms with Gasteiger partial charge in [0.05, 0.1) is 0 Å². The van der Waals surface area contributed by atoms with Gasteiger partial charge in [-0.05, 0) is 25.1 Å². The third-order valence-electron chi connectivity index (χ3n) is 3.08. The standard InChI is InChI=1S/C16H13NO.Li/c1-11-6-9-16(18)13(10-11)15-8-7-12-4-2-3-5-14(12)17-15;/h2-10,18H,1H3;/q;+1. The topological polar surface area (TPSA) is 37.2 Å². The maximum atomic E-state index is 11.9. The summed E-state index contributed by atoms with van der Waals surface area (Å²) in [6.07, 6.45) is 0. The number of nitrogens with one attached hydrogen (secondary N) is 1. The quantitative estimate of drug-likeness (QED) is 0.540. The van der Waals surface area contributed by atoms with Gasteiger partial charge in [-0.15, -0.1) is 0 Å². The summed E-state index contributed by atoms with van der Waals surface area (Å²) in [4.78, 5) is 3.31. The van der Waals surface area contributed by atoms with Crippen molar-refractivity contribution in [2.75, 3.05) is 0 Å². The van der Waals surface area contributed by atoms with Crippen LogP contribution >= 0.6 is 0 Å². The molecule has 0 radical (unpaired) electrons. The van der Waals surface area contributed by atoms with Gasteiger partial charge >= 0.3 is 18.9 Å². The zero-order valence-corrected chi connectivity index (χ0v) is 11.1. The van der Waals surface area contributed by atoms with Crippen molar-refractivity contribution in [3.05, 3.63) is 60.2 Å². The number of aromatic nitrogens is 1. The van der Waals surface area contributed by atoms with E-state index < -0.39 is 0 Å². The number of hydrogen-bond acceptors (Lipinski definition) is 1. The van der Waals surface area contributed by atoms with E-state index in [0.29, 0.717) is 0 Å². The summed E-state index contributed by atoms with van der Waals surface area (Å²) in [6, 6.07) is 17.4. The van der Waals surface area contributed by atoms with E-state index in [-0.39, 0.29) is 24.6 Å². The first-order valence-electron chi connectivity index (χ1n) is 5.93. The summed E-state index contributed by atoms with van der Waals surface area (Å²) < 4.78 is 0. The number of hydrogen-bond donors (Lipinski definition) is 0. The molecule has 3 aromatic rings. The van der Waals surface area contributed by atoms with Crippen molar-refractivity contribution in [2.24, 2.45) is 0 Å². The second-order valence-corrected chi connectivity index (χ2v) is 4.46. The van der Waals surface area contributed by atoms with Gasteiger partial charge in [-0.25, -0.2) is 4.98 Å². The van der Waals surface area contributed by atoms with E-state index in [4.69, 9.17) is 0 Å². The average Bonchev–Trinajstić information content (AvgIpc) is 2.41. The van der Waals surface area contributed by atoms with Crippen molar-refractivity contribution in [3.8, 4) is 17.0 Å². The van der Waals surface area contributed by atoms with Crippen LogP contribution in [0.25, 0.3) is 22.2 Å². The predicted molar refractivity (Wildman–Crippen MR) is 70.1 cm³/mol. The molecule has 0 atom stereocenters. The van der Waals surface area contributed by atoms with Crippen molar-refractivity contribution in [1.82, 2.24) is 0 Å². The largest absolute Gasteiger partial charge is 1.00 e. The van der Waals surface area contributed by atoms with Crippen molar-refractivity contribution < 1.29 is 29.0 Å². The number of aromatic amines is 1. The molecule has 19 heavy (non-hydrogen) atoms. The number of rotatable bonds is 1. The van der Waals surface area contributed by atoms with Crippen LogP contribution in [-0.2, 0) is 0 Å². The molecule has 1 N–H and O–H groups in total. The molecule has 2 nitrogen and oxygen atoms in total. The molecule has 0 fully saturated rings. The van der Waals surface area contributed by atoms with Crippen LogP contribution in [-0.4, -0.2) is 0 Å². The molecule has 1 heterocycles. The molecular weight excluding hydrogens is 229 g/mol. The van der Waals surface area contributed by atoms with Crippen molar-refractivity contribution in [2.45, 2.75) is 6.92 Å². The molecule has 0 spiro atoms. The van der Waals surface area contributed by atoms with Gasteiger partial charge in [0, 0.05) is 23.1 Å². The molecular formula is C16H13LiNO+. The Balaban J connectivity index is 0.00000133. The monoisotopic (exact) mass is 242 g/mol. The van der Waals surface area contributed by atoms with E-state index in [1.807, 2.05) is 55.5 Å². The van der Waals surface area contributed by atoms with E-state index >= 15 is 0 Å². The fraction of sp³-hybridized carbons (Fsp3) is 0.0625. The van der Waals surface area contributed by atoms with Crippen LogP contribution in [0.2, 0.25) is 0 Å². The Labute approximate surface area is 124 Å². The predicted octanol–water partition coefficient (Wildman–Crippen LogP) is -0.293. The van der Waals surface area contributed by atoms with Crippen LogP contribution in [0.15, 0.2) is 54.6 Å². The van der Waals surface area contributed by atoms with E-state index in [9.17, 15) is 5.11 Å². The van der Waals surface area contributed by atoms with Crippen molar-refractivity contribution >= 4 is 10.9 Å². The Bertz CT molecular complexity index is 725. The Morgan fingerprint density at radius 2 is 1.74 bits per heavy atom. The minimum absolute atomic E-state index is 0. The van der Waals surface area contributed by atoms with Gasteiger partial charge in [0.15, 0.2) is 0 Å². The van der Waals surface area contributed by atoms with Crippen LogP contribution in [0.1, 0.15) is 5.56 Å². The molecule has 88 valence electrons. The first-order valence-corrected chi connectivity index (χ1v) is 5.93. The van der Waals surface area contributed by atoms with Gasteiger partial charge in [0.2, 0.25) is 11.2 Å². The van der Waals surface area contributed by atoms with Crippen LogP contribution in [0.4, 0.5) is 0 Å². The summed E-state index contributed by atoms with van der Waals surface area (Å²) in [5, 5.41) is 13.0. The number of pyridine rings is 1. The Morgan fingerprint density at radius 1 is 0.947 bits per heavy atom. The van der Waals surface area contributed by atoms with Gasteiger partial charge in [-0.3, -0.25) is 0 Å². The Morgan fingerprint density at radius 3 is 2.58 bits per heavy atom. The minimum atomic E-state index is 0. The number of H-pyrrole nitrogens is 1. The van der Waals surface area contributed by atoms with Crippen LogP contribution in [0.3, 0.4) is 0 Å². The second kappa shape index (κ2) is 5.48. The maximum Gasteiger partial charge on any atom is 1.00 e. The molecule has 0 saturated carbocycles. The van der Waals surface area contributed by atoms with Gasteiger partial charge in [-0.2, -0.15) is 0 Å². The molecule has 2 aromatic carbocycles. The summed E-state index contributed by atoms with van der Waals surface area (Å²) >= 11 is 0. The molecule has 1 aromatic heterocycles. The molecule has 0 aliphatic rings. The smallest absolute Gasteiger partial charge is 0.872 e. The van der Waals surface area contributed by atoms with E-state index in [2.05, 4.69) is 4.98 Å². The van der Waals surface area contributed by atoms with Crippen LogP contribution < -0.4 is 29.0 Å². The molecule has 0 bridgehead atoms. The zero-order valence-electron chi connectivity index (χ0n) is 11.1. The Kier molecular flexibility index (Phi) is 3.95. The van der Waals surface area contributed by atoms with Gasteiger partial charge in [0.25, 0.3) is 0 Å². The molecule has 0 amide bonds.